The monoisotopic (exact) mass is 313 g/mol. The lowest BCUT2D eigenvalue weighted by Gasteiger charge is -2.06. The van der Waals surface area contributed by atoms with Crippen LogP contribution in [-0.4, -0.2) is 16.2 Å². The van der Waals surface area contributed by atoms with Crippen LogP contribution in [0.1, 0.15) is 51.1 Å². The van der Waals surface area contributed by atoms with Gasteiger partial charge in [0.05, 0.1) is 11.2 Å². The number of nitrogens with zero attached hydrogens (tertiary/aromatic N) is 1. The zero-order valence-corrected chi connectivity index (χ0v) is 13.5. The Morgan fingerprint density at radius 2 is 2.00 bits per heavy atom. The van der Waals surface area contributed by atoms with Gasteiger partial charge in [-0.3, -0.25) is 0 Å². The second-order valence-electron chi connectivity index (χ2n) is 5.54. The van der Waals surface area contributed by atoms with E-state index in [4.69, 9.17) is 9.84 Å². The maximum absolute atomic E-state index is 10.8. The molecule has 0 aliphatic rings. The first-order valence-electron chi connectivity index (χ1n) is 8.18. The average Bonchev–Trinajstić information content (AvgIpc) is 2.53. The topological polar surface area (TPSA) is 59.4 Å². The lowest BCUT2D eigenvalue weighted by molar-refractivity contribution is 0.145. The standard InChI is InChI=1S/C19H23NO3/c1-2-3-4-5-6-7-8-11-15-14-18(23-19(21)22)16-12-9-10-13-17(16)20-15/h8-14H,2-7H2,1H3,(H,21,22). The van der Waals surface area contributed by atoms with Crippen LogP contribution in [0.25, 0.3) is 17.0 Å². The Balaban J connectivity index is 2.06. The molecule has 4 heteroatoms. The summed E-state index contributed by atoms with van der Waals surface area (Å²) >= 11 is 0. The third kappa shape index (κ3) is 5.40. The van der Waals surface area contributed by atoms with Crippen LogP contribution >= 0.6 is 0 Å². The number of benzene rings is 1. The van der Waals surface area contributed by atoms with Crippen LogP contribution in [0.5, 0.6) is 5.75 Å². The van der Waals surface area contributed by atoms with Gasteiger partial charge < -0.3 is 9.84 Å². The minimum absolute atomic E-state index is 0.325. The Morgan fingerprint density at radius 3 is 2.78 bits per heavy atom. The number of aromatic nitrogens is 1. The highest BCUT2D eigenvalue weighted by atomic mass is 16.7. The quantitative estimate of drug-likeness (QED) is 0.504. The molecule has 0 fully saturated rings. The van der Waals surface area contributed by atoms with Crippen molar-refractivity contribution in [3.05, 3.63) is 42.1 Å². The van der Waals surface area contributed by atoms with E-state index in [-0.39, 0.29) is 0 Å². The predicted octanol–water partition coefficient (Wildman–Crippen LogP) is 5.67. The van der Waals surface area contributed by atoms with E-state index in [1.165, 1.54) is 32.1 Å². The van der Waals surface area contributed by atoms with E-state index in [1.54, 1.807) is 6.07 Å². The molecule has 0 aliphatic heterocycles. The Labute approximate surface area is 136 Å². The smallest absolute Gasteiger partial charge is 0.449 e. The lowest BCUT2D eigenvalue weighted by Crippen LogP contribution is -2.04. The molecular formula is C19H23NO3. The fourth-order valence-corrected chi connectivity index (χ4v) is 2.50. The number of allylic oxidation sites excluding steroid dienone is 1. The van der Waals surface area contributed by atoms with Gasteiger partial charge in [0.1, 0.15) is 5.75 Å². The van der Waals surface area contributed by atoms with Crippen LogP contribution in [0.2, 0.25) is 0 Å². The summed E-state index contributed by atoms with van der Waals surface area (Å²) in [6.07, 6.45) is 9.97. The summed E-state index contributed by atoms with van der Waals surface area (Å²) < 4.78 is 4.88. The van der Waals surface area contributed by atoms with Gasteiger partial charge >= 0.3 is 6.16 Å². The van der Waals surface area contributed by atoms with Gasteiger partial charge in [0.2, 0.25) is 0 Å². The summed E-state index contributed by atoms with van der Waals surface area (Å²) in [7, 11) is 0. The first kappa shape index (κ1) is 17.0. The van der Waals surface area contributed by atoms with Gasteiger partial charge in [-0.15, -0.1) is 0 Å². The number of rotatable bonds is 8. The molecule has 23 heavy (non-hydrogen) atoms. The van der Waals surface area contributed by atoms with Crippen LogP contribution in [-0.2, 0) is 0 Å². The second kappa shape index (κ2) is 8.93. The van der Waals surface area contributed by atoms with Gasteiger partial charge in [0, 0.05) is 11.5 Å². The molecule has 0 spiro atoms. The molecule has 0 unspecified atom stereocenters. The van der Waals surface area contributed by atoms with Crippen molar-refractivity contribution in [2.45, 2.75) is 45.4 Å². The number of para-hydroxylation sites is 1. The van der Waals surface area contributed by atoms with Gasteiger partial charge in [-0.2, -0.15) is 0 Å². The molecule has 4 nitrogen and oxygen atoms in total. The summed E-state index contributed by atoms with van der Waals surface area (Å²) in [4.78, 5) is 15.4. The number of carbonyl (C=O) groups is 1. The number of carboxylic acid groups (broad SMARTS) is 1. The van der Waals surface area contributed by atoms with Crippen molar-refractivity contribution in [1.29, 1.82) is 0 Å². The highest BCUT2D eigenvalue weighted by molar-refractivity contribution is 5.87. The largest absolute Gasteiger partial charge is 0.511 e. The maximum Gasteiger partial charge on any atom is 0.511 e. The number of hydrogen-bond donors (Lipinski definition) is 1. The third-order valence-electron chi connectivity index (χ3n) is 3.66. The Bertz CT molecular complexity index is 679. The van der Waals surface area contributed by atoms with Crippen molar-refractivity contribution in [3.63, 3.8) is 0 Å². The molecule has 0 atom stereocenters. The SMILES string of the molecule is CCCCCCCC=Cc1cc(OC(=O)O)c2ccccc2n1. The van der Waals surface area contributed by atoms with Gasteiger partial charge in [-0.25, -0.2) is 9.78 Å². The van der Waals surface area contributed by atoms with Gasteiger partial charge in [-0.1, -0.05) is 50.8 Å². The summed E-state index contributed by atoms with van der Waals surface area (Å²) in [5, 5.41) is 9.57. The van der Waals surface area contributed by atoms with Gasteiger partial charge in [0.15, 0.2) is 0 Å². The molecule has 2 rings (SSSR count). The Hall–Kier alpha value is -2.36. The molecule has 0 saturated heterocycles. The molecule has 1 heterocycles. The van der Waals surface area contributed by atoms with Crippen molar-refractivity contribution < 1.29 is 14.6 Å². The van der Waals surface area contributed by atoms with Crippen molar-refractivity contribution in [2.24, 2.45) is 0 Å². The zero-order valence-electron chi connectivity index (χ0n) is 13.5. The van der Waals surface area contributed by atoms with Crippen LogP contribution < -0.4 is 4.74 Å². The van der Waals surface area contributed by atoms with E-state index in [1.807, 2.05) is 30.3 Å². The highest BCUT2D eigenvalue weighted by Gasteiger charge is 2.08. The van der Waals surface area contributed by atoms with E-state index < -0.39 is 6.16 Å². The number of fused-ring (bicyclic) bond motifs is 1. The third-order valence-corrected chi connectivity index (χ3v) is 3.66. The van der Waals surface area contributed by atoms with Crippen LogP contribution in [0.4, 0.5) is 4.79 Å². The second-order valence-corrected chi connectivity index (χ2v) is 5.54. The summed E-state index contributed by atoms with van der Waals surface area (Å²) in [5.41, 5.74) is 1.45. The van der Waals surface area contributed by atoms with Crippen molar-refractivity contribution >= 4 is 23.1 Å². The van der Waals surface area contributed by atoms with E-state index >= 15 is 0 Å². The molecule has 0 bridgehead atoms. The van der Waals surface area contributed by atoms with E-state index in [0.717, 1.165) is 11.9 Å². The molecule has 122 valence electrons. The van der Waals surface area contributed by atoms with Crippen molar-refractivity contribution in [1.82, 2.24) is 4.98 Å². The fraction of sp³-hybridized carbons (Fsp3) is 0.368. The molecule has 2 aromatic rings. The van der Waals surface area contributed by atoms with E-state index in [2.05, 4.69) is 18.0 Å². The average molecular weight is 313 g/mol. The fourth-order valence-electron chi connectivity index (χ4n) is 2.50. The Morgan fingerprint density at radius 1 is 1.22 bits per heavy atom. The van der Waals surface area contributed by atoms with Gasteiger partial charge in [0.25, 0.3) is 0 Å². The minimum Gasteiger partial charge on any atom is -0.449 e. The van der Waals surface area contributed by atoms with Crippen LogP contribution in [0.3, 0.4) is 0 Å². The van der Waals surface area contributed by atoms with Crippen LogP contribution in [0.15, 0.2) is 36.4 Å². The number of hydrogen-bond acceptors (Lipinski definition) is 3. The predicted molar refractivity (Wildman–Crippen MR) is 92.8 cm³/mol. The summed E-state index contributed by atoms with van der Waals surface area (Å²) in [6, 6.07) is 9.05. The highest BCUT2D eigenvalue weighted by Crippen LogP contribution is 2.26. The summed E-state index contributed by atoms with van der Waals surface area (Å²) in [6.45, 7) is 2.21. The number of pyridine rings is 1. The number of ether oxygens (including phenoxy) is 1. The molecule has 0 aliphatic carbocycles. The molecule has 1 aromatic carbocycles. The molecule has 0 amide bonds. The first-order valence-corrected chi connectivity index (χ1v) is 8.18. The van der Waals surface area contributed by atoms with Crippen LogP contribution in [0, 0.1) is 0 Å². The molecular weight excluding hydrogens is 290 g/mol. The lowest BCUT2D eigenvalue weighted by atomic mass is 10.1. The van der Waals surface area contributed by atoms with Gasteiger partial charge in [-0.05, 0) is 31.1 Å². The first-order chi connectivity index (χ1) is 11.2. The molecule has 1 aromatic heterocycles. The van der Waals surface area contributed by atoms with Crippen molar-refractivity contribution in [3.8, 4) is 5.75 Å². The summed E-state index contributed by atoms with van der Waals surface area (Å²) in [5.74, 6) is 0.325. The minimum atomic E-state index is -1.31. The number of unbranched alkanes of at least 4 members (excludes halogenated alkanes) is 5. The van der Waals surface area contributed by atoms with E-state index in [9.17, 15) is 4.79 Å². The zero-order chi connectivity index (χ0) is 16.5. The molecule has 0 saturated carbocycles. The normalized spacial score (nSPS) is 11.2. The Kier molecular flexibility index (Phi) is 6.60. The maximum atomic E-state index is 10.8. The van der Waals surface area contributed by atoms with Crippen molar-refractivity contribution in [2.75, 3.05) is 0 Å². The molecule has 0 radical (unpaired) electrons. The molecule has 1 N–H and O–H groups in total. The van der Waals surface area contributed by atoms with E-state index in [0.29, 0.717) is 16.8 Å².